The fourth-order valence-electron chi connectivity index (χ4n) is 4.62. The number of benzene rings is 3. The maximum atomic E-state index is 5.93. The largest absolute Gasteiger partial charge is 0.497 e. The maximum absolute atomic E-state index is 5.93. The maximum Gasteiger partial charge on any atom is 0.121 e. The zero-order valence-electron chi connectivity index (χ0n) is 24.4. The number of aromatic nitrogens is 3. The topological polar surface area (TPSA) is 64.9 Å². The summed E-state index contributed by atoms with van der Waals surface area (Å²) in [5, 5.41) is 0. The molecule has 0 aliphatic rings. The van der Waals surface area contributed by atoms with E-state index < -0.39 is 0 Å². The van der Waals surface area contributed by atoms with Crippen molar-refractivity contribution in [2.75, 3.05) is 44.2 Å². The Hall–Kier alpha value is -4.82. The van der Waals surface area contributed by atoms with Crippen molar-refractivity contribution < 1.29 is 14.2 Å². The number of ether oxygens (including phenoxy) is 3. The summed E-state index contributed by atoms with van der Waals surface area (Å²) in [5.74, 6) is 1.67. The molecule has 0 atom stereocenters. The molecule has 5 aromatic rings. The van der Waals surface area contributed by atoms with Crippen LogP contribution in [0.1, 0.15) is 16.8 Å². The minimum absolute atomic E-state index is 0.404. The van der Waals surface area contributed by atoms with Gasteiger partial charge < -0.3 is 28.6 Å². The molecule has 0 radical (unpaired) electrons. The number of hydrogen-bond acceptors (Lipinski definition) is 7. The number of hydrogen-bond donors (Lipinski definition) is 0. The first-order valence-electron chi connectivity index (χ1n) is 14.0. The highest BCUT2D eigenvalue weighted by Gasteiger charge is 2.12. The molecule has 2 heterocycles. The summed E-state index contributed by atoms with van der Waals surface area (Å²) < 4.78 is 19.3. The number of anilines is 2. The lowest BCUT2D eigenvalue weighted by atomic mass is 10.1. The minimum Gasteiger partial charge on any atom is -0.497 e. The zero-order chi connectivity index (χ0) is 29.1. The van der Waals surface area contributed by atoms with E-state index in [1.807, 2.05) is 67.5 Å². The number of pyridine rings is 1. The van der Waals surface area contributed by atoms with E-state index >= 15 is 0 Å². The van der Waals surface area contributed by atoms with Gasteiger partial charge >= 0.3 is 0 Å². The Kier molecular flexibility index (Phi) is 9.69. The molecular weight excluding hydrogens is 526 g/mol. The third-order valence-electron chi connectivity index (χ3n) is 6.87. The van der Waals surface area contributed by atoms with Gasteiger partial charge in [-0.1, -0.05) is 30.3 Å². The van der Waals surface area contributed by atoms with Crippen LogP contribution in [0.25, 0.3) is 5.69 Å². The van der Waals surface area contributed by atoms with Crippen molar-refractivity contribution in [1.82, 2.24) is 14.5 Å². The summed E-state index contributed by atoms with van der Waals surface area (Å²) in [6.07, 6.45) is 7.38. The third kappa shape index (κ3) is 7.89. The summed E-state index contributed by atoms with van der Waals surface area (Å²) in [6.45, 7) is 2.78. The van der Waals surface area contributed by atoms with Gasteiger partial charge in [0.05, 0.1) is 32.3 Å². The van der Waals surface area contributed by atoms with E-state index in [9.17, 15) is 0 Å². The number of rotatable bonds is 14. The van der Waals surface area contributed by atoms with Crippen molar-refractivity contribution in [3.05, 3.63) is 127 Å². The predicted octanol–water partition coefficient (Wildman–Crippen LogP) is 6.14. The lowest BCUT2D eigenvalue weighted by Gasteiger charge is -2.26. The zero-order valence-corrected chi connectivity index (χ0v) is 24.4. The Balaban J connectivity index is 1.24. The molecule has 0 spiro atoms. The standard InChI is InChI=1S/C34H37N5O3/c1-37(2)31-7-5-9-34(22-31)42-19-18-41-25-29-21-32(14-15-36-29)39(24-28-6-4-8-33(20-28)40-3)23-27-10-12-30(13-11-27)38-17-16-35-26-38/h4-17,20-22,26H,18-19,23-25H2,1-3H3. The van der Waals surface area contributed by atoms with Crippen LogP contribution in [0.2, 0.25) is 0 Å². The van der Waals surface area contributed by atoms with Crippen molar-refractivity contribution in [3.8, 4) is 17.2 Å². The smallest absolute Gasteiger partial charge is 0.121 e. The van der Waals surface area contributed by atoms with Gasteiger partial charge in [-0.3, -0.25) is 4.98 Å². The average Bonchev–Trinajstić information content (AvgIpc) is 3.57. The molecule has 8 nitrogen and oxygen atoms in total. The Morgan fingerprint density at radius 3 is 2.36 bits per heavy atom. The summed E-state index contributed by atoms with van der Waals surface area (Å²) in [4.78, 5) is 13.1. The molecule has 0 N–H and O–H groups in total. The molecule has 0 fully saturated rings. The third-order valence-corrected chi connectivity index (χ3v) is 6.87. The lowest BCUT2D eigenvalue weighted by molar-refractivity contribution is 0.0870. The molecule has 0 aliphatic carbocycles. The molecule has 0 bridgehead atoms. The molecule has 0 unspecified atom stereocenters. The molecule has 0 saturated carbocycles. The van der Waals surface area contributed by atoms with E-state index in [0.717, 1.165) is 46.4 Å². The van der Waals surface area contributed by atoms with Crippen LogP contribution in [0.5, 0.6) is 11.5 Å². The molecule has 2 aromatic heterocycles. The van der Waals surface area contributed by atoms with Gasteiger partial charge in [0.1, 0.15) is 18.1 Å². The highest BCUT2D eigenvalue weighted by atomic mass is 16.5. The minimum atomic E-state index is 0.404. The van der Waals surface area contributed by atoms with Crippen molar-refractivity contribution in [2.45, 2.75) is 19.7 Å². The van der Waals surface area contributed by atoms with Crippen LogP contribution in [-0.2, 0) is 24.4 Å². The van der Waals surface area contributed by atoms with Crippen LogP contribution in [-0.4, -0.2) is 49.0 Å². The van der Waals surface area contributed by atoms with Crippen LogP contribution in [0, 0.1) is 0 Å². The second-order valence-corrected chi connectivity index (χ2v) is 10.1. The molecule has 0 amide bonds. The van der Waals surface area contributed by atoms with Gasteiger partial charge in [0.15, 0.2) is 0 Å². The molecule has 8 heteroatoms. The normalized spacial score (nSPS) is 10.8. The number of imidazole rings is 1. The Labute approximate surface area is 247 Å². The summed E-state index contributed by atoms with van der Waals surface area (Å²) in [7, 11) is 5.72. The van der Waals surface area contributed by atoms with Gasteiger partial charge in [0, 0.05) is 68.9 Å². The van der Waals surface area contributed by atoms with Crippen LogP contribution >= 0.6 is 0 Å². The van der Waals surface area contributed by atoms with Gasteiger partial charge in [-0.2, -0.15) is 0 Å². The van der Waals surface area contributed by atoms with E-state index in [2.05, 4.69) is 68.3 Å². The van der Waals surface area contributed by atoms with Crippen LogP contribution in [0.15, 0.2) is 110 Å². The van der Waals surface area contributed by atoms with E-state index in [1.54, 1.807) is 19.6 Å². The van der Waals surface area contributed by atoms with Gasteiger partial charge in [-0.05, 0) is 59.7 Å². The second kappa shape index (κ2) is 14.2. The Bertz CT molecular complexity index is 1540. The van der Waals surface area contributed by atoms with E-state index in [0.29, 0.717) is 26.4 Å². The molecule has 0 aliphatic heterocycles. The molecule has 3 aromatic carbocycles. The fraction of sp³-hybridized carbons (Fsp3) is 0.235. The molecular formula is C34H37N5O3. The van der Waals surface area contributed by atoms with Crippen molar-refractivity contribution in [1.29, 1.82) is 0 Å². The summed E-state index contributed by atoms with van der Waals surface area (Å²) >= 11 is 0. The molecule has 0 saturated heterocycles. The quantitative estimate of drug-likeness (QED) is 0.150. The molecule has 42 heavy (non-hydrogen) atoms. The Morgan fingerprint density at radius 2 is 1.57 bits per heavy atom. The SMILES string of the molecule is COc1cccc(CN(Cc2ccc(-n3ccnc3)cc2)c2ccnc(COCCOc3cccc(N(C)C)c3)c2)c1. The fourth-order valence-corrected chi connectivity index (χ4v) is 4.62. The average molecular weight is 564 g/mol. The first-order chi connectivity index (χ1) is 20.6. The second-order valence-electron chi connectivity index (χ2n) is 10.1. The Morgan fingerprint density at radius 1 is 0.762 bits per heavy atom. The first-order valence-corrected chi connectivity index (χ1v) is 14.0. The summed E-state index contributed by atoms with van der Waals surface area (Å²) in [5.41, 5.74) is 6.48. The van der Waals surface area contributed by atoms with Crippen LogP contribution in [0.3, 0.4) is 0 Å². The van der Waals surface area contributed by atoms with Gasteiger partial charge in [-0.25, -0.2) is 4.98 Å². The number of methoxy groups -OCH3 is 1. The van der Waals surface area contributed by atoms with Crippen LogP contribution in [0.4, 0.5) is 11.4 Å². The van der Waals surface area contributed by atoms with Gasteiger partial charge in [-0.15, -0.1) is 0 Å². The highest BCUT2D eigenvalue weighted by molar-refractivity contribution is 5.50. The predicted molar refractivity (Wildman–Crippen MR) is 167 cm³/mol. The lowest BCUT2D eigenvalue weighted by Crippen LogP contribution is -2.22. The monoisotopic (exact) mass is 563 g/mol. The highest BCUT2D eigenvalue weighted by Crippen LogP contribution is 2.24. The van der Waals surface area contributed by atoms with E-state index in [-0.39, 0.29) is 0 Å². The van der Waals surface area contributed by atoms with Crippen molar-refractivity contribution in [3.63, 3.8) is 0 Å². The van der Waals surface area contributed by atoms with Gasteiger partial charge in [0.2, 0.25) is 0 Å². The van der Waals surface area contributed by atoms with Crippen molar-refractivity contribution >= 4 is 11.4 Å². The van der Waals surface area contributed by atoms with Crippen molar-refractivity contribution in [2.24, 2.45) is 0 Å². The molecule has 5 rings (SSSR count). The van der Waals surface area contributed by atoms with E-state index in [1.165, 1.54) is 5.56 Å². The first kappa shape index (κ1) is 28.7. The number of nitrogens with zero attached hydrogens (tertiary/aromatic N) is 5. The van der Waals surface area contributed by atoms with Crippen LogP contribution < -0.4 is 19.3 Å². The summed E-state index contributed by atoms with van der Waals surface area (Å²) in [6, 6.07) is 28.9. The molecule has 216 valence electrons. The van der Waals surface area contributed by atoms with Gasteiger partial charge in [0.25, 0.3) is 0 Å². The van der Waals surface area contributed by atoms with E-state index in [4.69, 9.17) is 14.2 Å².